The van der Waals surface area contributed by atoms with Crippen LogP contribution in [-0.4, -0.2) is 35.3 Å². The summed E-state index contributed by atoms with van der Waals surface area (Å²) >= 11 is 5.98. The molecule has 0 unspecified atom stereocenters. The third-order valence-corrected chi connectivity index (χ3v) is 5.18. The number of halogens is 1. The summed E-state index contributed by atoms with van der Waals surface area (Å²) in [4.78, 5) is 14.5. The number of oxazole rings is 1. The second kappa shape index (κ2) is 8.29. The number of aromatic nitrogens is 1. The number of benzene rings is 2. The average molecular weight is 403 g/mol. The second-order valence-electron chi connectivity index (χ2n) is 6.86. The van der Waals surface area contributed by atoms with Crippen LogP contribution < -0.4 is 15.2 Å². The van der Waals surface area contributed by atoms with Gasteiger partial charge in [0.15, 0.2) is 17.1 Å². The lowest BCUT2D eigenvalue weighted by molar-refractivity contribution is 0.0804. The van der Waals surface area contributed by atoms with Crippen molar-refractivity contribution in [3.05, 3.63) is 58.0 Å². The first-order valence-corrected chi connectivity index (χ1v) is 9.91. The van der Waals surface area contributed by atoms with E-state index < -0.39 is 0 Å². The Balaban J connectivity index is 1.39. The number of para-hydroxylation sites is 2. The van der Waals surface area contributed by atoms with Gasteiger partial charge >= 0.3 is 5.76 Å². The first-order valence-electron chi connectivity index (χ1n) is 9.54. The minimum absolute atomic E-state index is 0.134. The van der Waals surface area contributed by atoms with E-state index >= 15 is 0 Å². The molecule has 1 aliphatic heterocycles. The summed E-state index contributed by atoms with van der Waals surface area (Å²) in [5.41, 5.74) is 1.28. The topological polar surface area (TPSA) is 56.8 Å². The van der Waals surface area contributed by atoms with Crippen molar-refractivity contribution in [2.45, 2.75) is 32.5 Å². The lowest BCUT2D eigenvalue weighted by atomic mass is 10.1. The second-order valence-corrected chi connectivity index (χ2v) is 7.30. The maximum Gasteiger partial charge on any atom is 0.421 e. The van der Waals surface area contributed by atoms with Crippen LogP contribution in [0.4, 0.5) is 0 Å². The zero-order valence-electron chi connectivity index (χ0n) is 15.8. The molecule has 0 aliphatic carbocycles. The Bertz CT molecular complexity index is 1010. The van der Waals surface area contributed by atoms with Crippen molar-refractivity contribution >= 4 is 22.7 Å². The van der Waals surface area contributed by atoms with Crippen LogP contribution in [0, 0.1) is 0 Å². The van der Waals surface area contributed by atoms with Crippen molar-refractivity contribution in [1.29, 1.82) is 0 Å². The fraction of sp³-hybridized carbons (Fsp3) is 0.381. The number of fused-ring (bicyclic) bond motifs is 1. The van der Waals surface area contributed by atoms with E-state index in [9.17, 15) is 4.79 Å². The number of rotatable bonds is 6. The minimum atomic E-state index is -0.360. The van der Waals surface area contributed by atoms with Crippen molar-refractivity contribution in [2.24, 2.45) is 0 Å². The molecule has 148 valence electrons. The lowest BCUT2D eigenvalue weighted by Crippen LogP contribution is -2.40. The number of hydrogen-bond acceptors (Lipinski definition) is 5. The molecule has 0 saturated carbocycles. The molecule has 1 fully saturated rings. The van der Waals surface area contributed by atoms with Gasteiger partial charge in [-0.15, -0.1) is 0 Å². The number of nitrogens with zero attached hydrogens (tertiary/aromatic N) is 2. The Morgan fingerprint density at radius 3 is 2.64 bits per heavy atom. The number of likely N-dealkylation sites (tertiary alicyclic amines) is 1. The third kappa shape index (κ3) is 4.03. The maximum atomic E-state index is 12.2. The Labute approximate surface area is 168 Å². The van der Waals surface area contributed by atoms with E-state index in [-0.39, 0.29) is 11.9 Å². The van der Waals surface area contributed by atoms with Crippen LogP contribution >= 0.6 is 11.6 Å². The molecule has 0 atom stereocenters. The van der Waals surface area contributed by atoms with Crippen LogP contribution in [0.5, 0.6) is 11.5 Å². The quantitative estimate of drug-likeness (QED) is 0.620. The molecule has 2 heterocycles. The van der Waals surface area contributed by atoms with Crippen molar-refractivity contribution in [1.82, 2.24) is 9.47 Å². The van der Waals surface area contributed by atoms with Crippen LogP contribution in [0.25, 0.3) is 11.1 Å². The fourth-order valence-corrected chi connectivity index (χ4v) is 3.71. The molecule has 4 rings (SSSR count). The lowest BCUT2D eigenvalue weighted by Gasteiger charge is -2.32. The molecule has 1 aromatic heterocycles. The number of hydrogen-bond donors (Lipinski definition) is 0. The minimum Gasteiger partial charge on any atom is -0.490 e. The SMILES string of the molecule is CCOc1ccccc1OC1CCN(Cn2c(=O)oc3cc(Cl)ccc32)CC1. The highest BCUT2D eigenvalue weighted by Crippen LogP contribution is 2.29. The Kier molecular flexibility index (Phi) is 5.59. The van der Waals surface area contributed by atoms with Crippen molar-refractivity contribution < 1.29 is 13.9 Å². The first kappa shape index (κ1) is 18.9. The molecular weight excluding hydrogens is 380 g/mol. The summed E-state index contributed by atoms with van der Waals surface area (Å²) in [6.07, 6.45) is 1.91. The van der Waals surface area contributed by atoms with Gasteiger partial charge in [0.2, 0.25) is 0 Å². The summed E-state index contributed by atoms with van der Waals surface area (Å²) in [6.45, 7) is 4.75. The van der Waals surface area contributed by atoms with E-state index in [1.165, 1.54) is 0 Å². The molecule has 6 nitrogen and oxygen atoms in total. The highest BCUT2D eigenvalue weighted by atomic mass is 35.5. The molecule has 0 amide bonds. The van der Waals surface area contributed by atoms with E-state index in [1.807, 2.05) is 37.3 Å². The normalized spacial score (nSPS) is 15.8. The Morgan fingerprint density at radius 1 is 1.14 bits per heavy atom. The number of ether oxygens (including phenoxy) is 2. The predicted octanol–water partition coefficient (Wildman–Crippen LogP) is 4.15. The van der Waals surface area contributed by atoms with Gasteiger partial charge in [-0.1, -0.05) is 23.7 Å². The van der Waals surface area contributed by atoms with Crippen molar-refractivity contribution in [3.63, 3.8) is 0 Å². The Morgan fingerprint density at radius 2 is 1.89 bits per heavy atom. The molecule has 3 aromatic rings. The van der Waals surface area contributed by atoms with Gasteiger partial charge < -0.3 is 13.9 Å². The zero-order chi connectivity index (χ0) is 19.5. The molecule has 1 saturated heterocycles. The van der Waals surface area contributed by atoms with Gasteiger partial charge in [0.05, 0.1) is 18.8 Å². The molecule has 0 bridgehead atoms. The summed E-state index contributed by atoms with van der Waals surface area (Å²) in [5, 5.41) is 0.554. The molecule has 0 radical (unpaired) electrons. The van der Waals surface area contributed by atoms with Crippen LogP contribution in [-0.2, 0) is 6.67 Å². The fourth-order valence-electron chi connectivity index (χ4n) is 3.54. The molecule has 1 aliphatic rings. The van der Waals surface area contributed by atoms with Gasteiger partial charge in [-0.3, -0.25) is 9.47 Å². The summed E-state index contributed by atoms with van der Waals surface area (Å²) in [5.74, 6) is 1.21. The van der Waals surface area contributed by atoms with E-state index in [1.54, 1.807) is 16.7 Å². The number of piperidine rings is 1. The predicted molar refractivity (Wildman–Crippen MR) is 108 cm³/mol. The highest BCUT2D eigenvalue weighted by Gasteiger charge is 2.23. The van der Waals surface area contributed by atoms with E-state index in [2.05, 4.69) is 4.90 Å². The monoisotopic (exact) mass is 402 g/mol. The van der Waals surface area contributed by atoms with Crippen molar-refractivity contribution in [2.75, 3.05) is 19.7 Å². The van der Waals surface area contributed by atoms with Gasteiger partial charge in [0.25, 0.3) is 0 Å². The average Bonchev–Trinajstić information content (AvgIpc) is 2.99. The summed E-state index contributed by atoms with van der Waals surface area (Å²) in [6, 6.07) is 13.0. The highest BCUT2D eigenvalue weighted by molar-refractivity contribution is 6.31. The van der Waals surface area contributed by atoms with Gasteiger partial charge in [-0.2, -0.15) is 0 Å². The Hall–Kier alpha value is -2.44. The third-order valence-electron chi connectivity index (χ3n) is 4.95. The molecule has 7 heteroatoms. The summed E-state index contributed by atoms with van der Waals surface area (Å²) < 4.78 is 18.8. The standard InChI is InChI=1S/C21H23ClN2O4/c1-2-26-18-5-3-4-6-19(18)27-16-9-11-23(12-10-16)14-24-17-8-7-15(22)13-20(17)28-21(24)25/h3-8,13,16H,2,9-12,14H2,1H3. The molecular formula is C21H23ClN2O4. The molecule has 2 aromatic carbocycles. The van der Waals surface area contributed by atoms with Gasteiger partial charge in [-0.25, -0.2) is 4.79 Å². The maximum absolute atomic E-state index is 12.2. The van der Waals surface area contributed by atoms with E-state index in [0.29, 0.717) is 23.9 Å². The zero-order valence-corrected chi connectivity index (χ0v) is 16.5. The summed E-state index contributed by atoms with van der Waals surface area (Å²) in [7, 11) is 0. The van der Waals surface area contributed by atoms with Gasteiger partial charge in [0.1, 0.15) is 6.10 Å². The van der Waals surface area contributed by atoms with Gasteiger partial charge in [-0.05, 0) is 44.0 Å². The van der Waals surface area contributed by atoms with E-state index in [4.69, 9.17) is 25.5 Å². The van der Waals surface area contributed by atoms with Crippen molar-refractivity contribution in [3.8, 4) is 11.5 Å². The first-order chi connectivity index (χ1) is 13.6. The van der Waals surface area contributed by atoms with Crippen LogP contribution in [0.15, 0.2) is 51.7 Å². The molecule has 0 N–H and O–H groups in total. The van der Waals surface area contributed by atoms with Crippen LogP contribution in [0.3, 0.4) is 0 Å². The smallest absolute Gasteiger partial charge is 0.421 e. The van der Waals surface area contributed by atoms with Gasteiger partial charge in [0, 0.05) is 24.2 Å². The van der Waals surface area contributed by atoms with Crippen LogP contribution in [0.1, 0.15) is 19.8 Å². The molecule has 28 heavy (non-hydrogen) atoms. The largest absolute Gasteiger partial charge is 0.490 e. The molecule has 0 spiro atoms. The van der Waals surface area contributed by atoms with Crippen LogP contribution in [0.2, 0.25) is 5.02 Å². The van der Waals surface area contributed by atoms with E-state index in [0.717, 1.165) is 42.9 Å².